The molecule has 2 N–H and O–H groups in total. The lowest BCUT2D eigenvalue weighted by Crippen LogP contribution is -1.84. The molecule has 2 aromatic carbocycles. The van der Waals surface area contributed by atoms with Gasteiger partial charge in [-0.1, -0.05) is 0 Å². The van der Waals surface area contributed by atoms with E-state index in [1.165, 1.54) is 19.4 Å². The second-order valence-corrected chi connectivity index (χ2v) is 4.65. The fourth-order valence-electron chi connectivity index (χ4n) is 2.16. The minimum absolute atomic E-state index is 0.0157. The molecule has 22 heavy (non-hydrogen) atoms. The van der Waals surface area contributed by atoms with Gasteiger partial charge in [-0.2, -0.15) is 0 Å². The minimum Gasteiger partial charge on any atom is -0.497 e. The Morgan fingerprint density at radius 1 is 1.18 bits per heavy atom. The summed E-state index contributed by atoms with van der Waals surface area (Å²) in [4.78, 5) is 6.76. The first-order valence-electron chi connectivity index (χ1n) is 6.46. The molecule has 0 spiro atoms. The topological polar surface area (TPSA) is 57.6 Å². The molecule has 6 heteroatoms. The molecule has 0 fully saturated rings. The Morgan fingerprint density at radius 2 is 2.00 bits per heavy atom. The van der Waals surface area contributed by atoms with Gasteiger partial charge in [-0.15, -0.1) is 0 Å². The number of rotatable bonds is 3. The van der Waals surface area contributed by atoms with Crippen molar-refractivity contribution in [1.82, 2.24) is 4.98 Å². The molecule has 0 aliphatic rings. The number of ether oxygens (including phenoxy) is 1. The average Bonchev–Trinajstić information content (AvgIpc) is 2.81. The number of nitrogens with one attached hydrogen (secondary N) is 1. The van der Waals surface area contributed by atoms with E-state index in [-0.39, 0.29) is 11.6 Å². The van der Waals surface area contributed by atoms with Crippen molar-refractivity contribution in [3.63, 3.8) is 0 Å². The van der Waals surface area contributed by atoms with Gasteiger partial charge in [0.25, 0.3) is 0 Å². The molecule has 1 aromatic heterocycles. The second kappa shape index (κ2) is 5.48. The van der Waals surface area contributed by atoms with Crippen LogP contribution >= 0.6 is 0 Å². The Morgan fingerprint density at radius 3 is 2.73 bits per heavy atom. The highest BCUT2D eigenvalue weighted by Crippen LogP contribution is 2.29. The Hall–Kier alpha value is -2.89. The van der Waals surface area contributed by atoms with Gasteiger partial charge in [-0.05, 0) is 30.3 Å². The van der Waals surface area contributed by atoms with Gasteiger partial charge in [-0.3, -0.25) is 4.99 Å². The number of hydrogen-bond donors (Lipinski definition) is 2. The molecule has 4 nitrogen and oxygen atoms in total. The lowest BCUT2D eigenvalue weighted by atomic mass is 10.1. The number of aliphatic imine (C=N–C) groups is 1. The Bertz CT molecular complexity index is 872. The van der Waals surface area contributed by atoms with Crippen LogP contribution < -0.4 is 4.74 Å². The molecule has 3 aromatic rings. The van der Waals surface area contributed by atoms with Crippen LogP contribution in [0.15, 0.2) is 41.4 Å². The van der Waals surface area contributed by atoms with E-state index in [1.807, 2.05) is 0 Å². The maximum Gasteiger partial charge on any atom is 0.198 e. The molecule has 0 aliphatic carbocycles. The van der Waals surface area contributed by atoms with Crippen molar-refractivity contribution < 1.29 is 18.6 Å². The van der Waals surface area contributed by atoms with Gasteiger partial charge in [0, 0.05) is 23.2 Å². The van der Waals surface area contributed by atoms with E-state index in [2.05, 4.69) is 9.98 Å². The lowest BCUT2D eigenvalue weighted by Gasteiger charge is -1.99. The Balaban J connectivity index is 2.06. The molecular formula is C16H12F2N2O2. The molecule has 0 saturated heterocycles. The number of methoxy groups -OCH3 is 1. The van der Waals surface area contributed by atoms with Gasteiger partial charge in [0.15, 0.2) is 11.7 Å². The zero-order valence-electron chi connectivity index (χ0n) is 11.6. The summed E-state index contributed by atoms with van der Waals surface area (Å²) >= 11 is 0. The van der Waals surface area contributed by atoms with Crippen molar-refractivity contribution in [1.29, 1.82) is 0 Å². The summed E-state index contributed by atoms with van der Waals surface area (Å²) < 4.78 is 31.6. The number of fused-ring (bicyclic) bond motifs is 1. The van der Waals surface area contributed by atoms with Crippen LogP contribution in [0.2, 0.25) is 0 Å². The van der Waals surface area contributed by atoms with Crippen molar-refractivity contribution >= 4 is 22.8 Å². The summed E-state index contributed by atoms with van der Waals surface area (Å²) in [6.07, 6.45) is 1.32. The molecule has 0 radical (unpaired) electrons. The molecular weight excluding hydrogens is 290 g/mol. The fourth-order valence-corrected chi connectivity index (χ4v) is 2.16. The number of nitrogens with zero attached hydrogens (tertiary/aromatic N) is 1. The predicted octanol–water partition coefficient (Wildman–Crippen LogP) is 3.91. The monoisotopic (exact) mass is 302 g/mol. The van der Waals surface area contributed by atoms with Crippen LogP contribution in [0.5, 0.6) is 11.6 Å². The van der Waals surface area contributed by atoms with Gasteiger partial charge in [0.05, 0.1) is 18.4 Å². The molecule has 0 unspecified atom stereocenters. The molecule has 0 bridgehead atoms. The van der Waals surface area contributed by atoms with Crippen molar-refractivity contribution in [2.24, 2.45) is 4.99 Å². The van der Waals surface area contributed by atoms with Crippen LogP contribution in [-0.4, -0.2) is 23.4 Å². The SMILES string of the molecule is COc1ccc2[nH]c(O)c(C=Nc3ccc(F)cc3F)c2c1. The summed E-state index contributed by atoms with van der Waals surface area (Å²) in [5.41, 5.74) is 1.08. The maximum atomic E-state index is 13.6. The van der Waals surface area contributed by atoms with Crippen molar-refractivity contribution in [3.8, 4) is 11.6 Å². The smallest absolute Gasteiger partial charge is 0.198 e. The standard InChI is InChI=1S/C16H12F2N2O2/c1-22-10-3-5-14-11(7-10)12(16(21)20-14)8-19-15-4-2-9(17)6-13(15)18/h2-8,20-21H,1H3. The van der Waals surface area contributed by atoms with E-state index in [1.54, 1.807) is 18.2 Å². The van der Waals surface area contributed by atoms with E-state index in [0.717, 1.165) is 12.1 Å². The van der Waals surface area contributed by atoms with E-state index >= 15 is 0 Å². The summed E-state index contributed by atoms with van der Waals surface area (Å²) in [6, 6.07) is 8.34. The van der Waals surface area contributed by atoms with Crippen molar-refractivity contribution in [2.45, 2.75) is 0 Å². The summed E-state index contributed by atoms with van der Waals surface area (Å²) in [5.74, 6) is -0.909. The van der Waals surface area contributed by atoms with Gasteiger partial charge in [0.2, 0.25) is 0 Å². The van der Waals surface area contributed by atoms with Crippen molar-refractivity contribution in [2.75, 3.05) is 7.11 Å². The fraction of sp³-hybridized carbons (Fsp3) is 0.0625. The second-order valence-electron chi connectivity index (χ2n) is 4.65. The van der Waals surface area contributed by atoms with Gasteiger partial charge in [-0.25, -0.2) is 8.78 Å². The predicted molar refractivity (Wildman–Crippen MR) is 80.1 cm³/mol. The zero-order valence-corrected chi connectivity index (χ0v) is 11.6. The summed E-state index contributed by atoms with van der Waals surface area (Å²) in [5, 5.41) is 10.6. The highest BCUT2D eigenvalue weighted by atomic mass is 19.1. The number of aromatic amines is 1. The first-order valence-corrected chi connectivity index (χ1v) is 6.46. The largest absolute Gasteiger partial charge is 0.497 e. The summed E-state index contributed by atoms with van der Waals surface area (Å²) in [6.45, 7) is 0. The van der Waals surface area contributed by atoms with Gasteiger partial charge in [0.1, 0.15) is 11.6 Å². The van der Waals surface area contributed by atoms with Gasteiger partial charge >= 0.3 is 0 Å². The first kappa shape index (κ1) is 14.1. The summed E-state index contributed by atoms with van der Waals surface area (Å²) in [7, 11) is 1.54. The van der Waals surface area contributed by atoms with E-state index in [0.29, 0.717) is 22.2 Å². The van der Waals surface area contributed by atoms with Crippen LogP contribution in [0.3, 0.4) is 0 Å². The third-order valence-electron chi connectivity index (χ3n) is 3.27. The van der Waals surface area contributed by atoms with E-state index in [4.69, 9.17) is 4.74 Å². The zero-order chi connectivity index (χ0) is 15.7. The van der Waals surface area contributed by atoms with Crippen LogP contribution in [0.25, 0.3) is 10.9 Å². The number of H-pyrrole nitrogens is 1. The molecule has 112 valence electrons. The van der Waals surface area contributed by atoms with Crippen molar-refractivity contribution in [3.05, 3.63) is 53.6 Å². The van der Waals surface area contributed by atoms with Crippen LogP contribution in [0.1, 0.15) is 5.56 Å². The number of hydrogen-bond acceptors (Lipinski definition) is 3. The number of aromatic hydroxyl groups is 1. The molecule has 0 atom stereocenters. The molecule has 0 aliphatic heterocycles. The third kappa shape index (κ3) is 2.50. The highest BCUT2D eigenvalue weighted by molar-refractivity contribution is 6.03. The average molecular weight is 302 g/mol. The number of aromatic nitrogens is 1. The van der Waals surface area contributed by atoms with Crippen LogP contribution in [0.4, 0.5) is 14.5 Å². The Labute approximate surface area is 124 Å². The normalized spacial score (nSPS) is 11.4. The molecule has 1 heterocycles. The minimum atomic E-state index is -0.770. The quantitative estimate of drug-likeness (QED) is 0.721. The highest BCUT2D eigenvalue weighted by Gasteiger charge is 2.10. The third-order valence-corrected chi connectivity index (χ3v) is 3.27. The first-order chi connectivity index (χ1) is 10.6. The maximum absolute atomic E-state index is 13.6. The molecule has 0 amide bonds. The Kier molecular flexibility index (Phi) is 3.50. The molecule has 3 rings (SSSR count). The van der Waals surface area contributed by atoms with E-state index in [9.17, 15) is 13.9 Å². The van der Waals surface area contributed by atoms with Crippen LogP contribution in [-0.2, 0) is 0 Å². The number of halogens is 2. The lowest BCUT2D eigenvalue weighted by molar-refractivity contribution is 0.415. The van der Waals surface area contributed by atoms with Crippen LogP contribution in [0, 0.1) is 11.6 Å². The number of benzene rings is 2. The molecule has 0 saturated carbocycles. The van der Waals surface area contributed by atoms with Gasteiger partial charge < -0.3 is 14.8 Å². The van der Waals surface area contributed by atoms with E-state index < -0.39 is 11.6 Å².